The second-order valence-corrected chi connectivity index (χ2v) is 19.7. The van der Waals surface area contributed by atoms with E-state index in [2.05, 4.69) is 27.7 Å². The van der Waals surface area contributed by atoms with Crippen LogP contribution in [0.3, 0.4) is 0 Å². The fourth-order valence-corrected chi connectivity index (χ4v) is 15.3. The van der Waals surface area contributed by atoms with Crippen molar-refractivity contribution >= 4 is 54.7 Å². The van der Waals surface area contributed by atoms with Crippen molar-refractivity contribution < 1.29 is 15.7 Å². The van der Waals surface area contributed by atoms with E-state index in [9.17, 15) is 9.59 Å². The van der Waals surface area contributed by atoms with Crippen molar-refractivity contribution in [1.29, 1.82) is 0 Å². The molecule has 31 heavy (non-hydrogen) atoms. The monoisotopic (exact) mass is 584 g/mol. The van der Waals surface area contributed by atoms with Crippen LogP contribution in [0.4, 0.5) is 0 Å². The van der Waals surface area contributed by atoms with E-state index in [4.69, 9.17) is 6.15 Å². The summed E-state index contributed by atoms with van der Waals surface area (Å²) in [6, 6.07) is 0. The number of carbonyl (C=O) groups is 2. The second-order valence-electron chi connectivity index (χ2n) is 8.29. The molecule has 0 saturated carbocycles. The molecule has 0 N–H and O–H groups in total. The third-order valence-corrected chi connectivity index (χ3v) is 17.0. The minimum atomic E-state index is -3.75. The van der Waals surface area contributed by atoms with Crippen molar-refractivity contribution in [3.05, 3.63) is 0 Å². The third kappa shape index (κ3) is 18.5. The van der Waals surface area contributed by atoms with E-state index >= 15 is 0 Å². The molecule has 0 aliphatic heterocycles. The van der Waals surface area contributed by atoms with Crippen LogP contribution >= 0.6 is 23.5 Å². The van der Waals surface area contributed by atoms with Crippen LogP contribution in [0, 0.1) is 0 Å². The standard InChI is InChI=1S/2C8H16O2S.2C4H9.Sn/c2*1-2-3-4-5-6-11-7-8(9)10;2*1-3-4-2;/h2*2-7H2,1H3,(H,9,10);2*1,3-4H2,2H3;/q;;;;+2/p-2. The average Bonchev–Trinajstić information content (AvgIpc) is 2.75. The Morgan fingerprint density at radius 2 is 0.968 bits per heavy atom. The van der Waals surface area contributed by atoms with Crippen LogP contribution in [0.2, 0.25) is 8.87 Å². The Morgan fingerprint density at radius 3 is 1.32 bits per heavy atom. The SMILES string of the molecule is CCCCCCSCC(=O)[O][Sn]([CH2]CCC)([CH2]CCC)[O]C(=O)CSCCCCCC. The fourth-order valence-electron chi connectivity index (χ4n) is 3.29. The van der Waals surface area contributed by atoms with Gasteiger partial charge < -0.3 is 0 Å². The summed E-state index contributed by atoms with van der Waals surface area (Å²) in [6.45, 7) is 8.68. The predicted molar refractivity (Wildman–Crippen MR) is 140 cm³/mol. The van der Waals surface area contributed by atoms with E-state index < -0.39 is 19.2 Å². The van der Waals surface area contributed by atoms with Gasteiger partial charge in [0.15, 0.2) is 0 Å². The Morgan fingerprint density at radius 1 is 0.581 bits per heavy atom. The number of hydrogen-bond donors (Lipinski definition) is 0. The third-order valence-electron chi connectivity index (χ3n) is 5.15. The topological polar surface area (TPSA) is 52.6 Å². The summed E-state index contributed by atoms with van der Waals surface area (Å²) in [4.78, 5) is 25.3. The number of rotatable bonds is 22. The Balaban J connectivity index is 4.71. The first-order valence-electron chi connectivity index (χ1n) is 12.6. The van der Waals surface area contributed by atoms with Crippen LogP contribution < -0.4 is 0 Å². The first-order valence-corrected chi connectivity index (χ1v) is 21.3. The van der Waals surface area contributed by atoms with Gasteiger partial charge in [0.1, 0.15) is 0 Å². The molecule has 0 aromatic carbocycles. The van der Waals surface area contributed by atoms with E-state index in [0.29, 0.717) is 11.5 Å². The molecule has 0 amide bonds. The molecule has 7 heteroatoms. The van der Waals surface area contributed by atoms with E-state index in [0.717, 1.165) is 58.9 Å². The van der Waals surface area contributed by atoms with Gasteiger partial charge in [-0.2, -0.15) is 0 Å². The summed E-state index contributed by atoms with van der Waals surface area (Å²) in [5.74, 6) is 2.43. The van der Waals surface area contributed by atoms with Gasteiger partial charge in [-0.3, -0.25) is 0 Å². The van der Waals surface area contributed by atoms with Crippen LogP contribution in [-0.4, -0.2) is 54.2 Å². The minimum absolute atomic E-state index is 0.163. The molecule has 0 rings (SSSR count). The van der Waals surface area contributed by atoms with Gasteiger partial charge in [0.05, 0.1) is 0 Å². The first-order chi connectivity index (χ1) is 15.0. The fraction of sp³-hybridized carbons (Fsp3) is 0.917. The Labute approximate surface area is 206 Å². The summed E-state index contributed by atoms with van der Waals surface area (Å²) < 4.78 is 13.8. The molecule has 4 nitrogen and oxygen atoms in total. The number of carbonyl (C=O) groups excluding carboxylic acids is 2. The predicted octanol–water partition coefficient (Wildman–Crippen LogP) is 7.74. The van der Waals surface area contributed by atoms with Crippen molar-refractivity contribution in [1.82, 2.24) is 0 Å². The summed E-state index contributed by atoms with van der Waals surface area (Å²) in [7, 11) is 0. The second kappa shape index (κ2) is 22.2. The van der Waals surface area contributed by atoms with Crippen LogP contribution in [0.1, 0.15) is 105 Å². The van der Waals surface area contributed by atoms with Crippen molar-refractivity contribution in [3.63, 3.8) is 0 Å². The maximum atomic E-state index is 12.6. The first kappa shape index (κ1) is 31.4. The van der Waals surface area contributed by atoms with Gasteiger partial charge in [-0.1, -0.05) is 0 Å². The van der Waals surface area contributed by atoms with Gasteiger partial charge in [0, 0.05) is 0 Å². The molecule has 0 fully saturated rings. The molecular formula is C24H48O4S2Sn. The number of hydrogen-bond acceptors (Lipinski definition) is 6. The van der Waals surface area contributed by atoms with Crippen molar-refractivity contribution in [2.75, 3.05) is 23.0 Å². The molecule has 0 aromatic heterocycles. The van der Waals surface area contributed by atoms with Crippen molar-refractivity contribution in [2.45, 2.75) is 114 Å². The summed E-state index contributed by atoms with van der Waals surface area (Å²) in [6.07, 6.45) is 13.7. The Hall–Kier alpha value is 0.439. The summed E-state index contributed by atoms with van der Waals surface area (Å²) in [5, 5.41) is 0. The molecule has 0 atom stereocenters. The van der Waals surface area contributed by atoms with Crippen LogP contribution in [-0.2, 0) is 15.7 Å². The van der Waals surface area contributed by atoms with Gasteiger partial charge >= 0.3 is 207 Å². The van der Waals surface area contributed by atoms with Gasteiger partial charge in [-0.15, -0.1) is 0 Å². The molecule has 0 aliphatic carbocycles. The van der Waals surface area contributed by atoms with E-state index in [1.54, 1.807) is 23.5 Å². The van der Waals surface area contributed by atoms with Gasteiger partial charge in [-0.05, 0) is 0 Å². The zero-order valence-corrected chi connectivity index (χ0v) is 25.2. The molecule has 0 unspecified atom stereocenters. The number of unbranched alkanes of at least 4 members (excludes halogenated alkanes) is 8. The zero-order chi connectivity index (χ0) is 23.2. The normalized spacial score (nSPS) is 11.5. The summed E-state index contributed by atoms with van der Waals surface area (Å²) >= 11 is -0.439. The Kier molecular flexibility index (Phi) is 22.6. The molecule has 0 heterocycles. The van der Waals surface area contributed by atoms with Gasteiger partial charge in [0.2, 0.25) is 0 Å². The molecule has 184 valence electrons. The van der Waals surface area contributed by atoms with E-state index in [-0.39, 0.29) is 11.9 Å². The Bertz CT molecular complexity index is 409. The average molecular weight is 583 g/mol. The van der Waals surface area contributed by atoms with Crippen LogP contribution in [0.5, 0.6) is 0 Å². The molecule has 0 radical (unpaired) electrons. The molecule has 0 aromatic rings. The summed E-state index contributed by atoms with van der Waals surface area (Å²) in [5.41, 5.74) is 0. The van der Waals surface area contributed by atoms with Gasteiger partial charge in [0.25, 0.3) is 0 Å². The zero-order valence-electron chi connectivity index (χ0n) is 20.7. The quantitative estimate of drug-likeness (QED) is 0.0960. The van der Waals surface area contributed by atoms with Crippen LogP contribution in [0.15, 0.2) is 0 Å². The molecule has 0 bridgehead atoms. The van der Waals surface area contributed by atoms with Gasteiger partial charge in [-0.25, -0.2) is 0 Å². The van der Waals surface area contributed by atoms with Crippen molar-refractivity contribution in [3.8, 4) is 0 Å². The molecule has 0 spiro atoms. The molecular weight excluding hydrogens is 535 g/mol. The van der Waals surface area contributed by atoms with Crippen LogP contribution in [0.25, 0.3) is 0 Å². The van der Waals surface area contributed by atoms with Crippen molar-refractivity contribution in [2.24, 2.45) is 0 Å². The molecule has 0 saturated heterocycles. The molecule has 0 aliphatic rings. The van der Waals surface area contributed by atoms with E-state index in [1.165, 1.54) is 38.5 Å². The number of thioether (sulfide) groups is 2. The van der Waals surface area contributed by atoms with E-state index in [1.807, 2.05) is 0 Å². The maximum absolute atomic E-state index is 12.6.